The molecule has 0 atom stereocenters. The van der Waals surface area contributed by atoms with Gasteiger partial charge in [-0.2, -0.15) is 0 Å². The van der Waals surface area contributed by atoms with Crippen molar-refractivity contribution in [2.24, 2.45) is 0 Å². The summed E-state index contributed by atoms with van der Waals surface area (Å²) in [5, 5.41) is 0. The molecule has 0 saturated carbocycles. The minimum Gasteiger partial charge on any atom is -0.288 e. The molecule has 0 radical (unpaired) electrons. The molecule has 0 aliphatic carbocycles. The third-order valence-electron chi connectivity index (χ3n) is 3.40. The second-order valence-electron chi connectivity index (χ2n) is 5.01. The van der Waals surface area contributed by atoms with Crippen LogP contribution in [-0.4, -0.2) is 38.9 Å². The molecular weight excluding hydrogens is 365 g/mol. The second kappa shape index (κ2) is 8.04. The van der Waals surface area contributed by atoms with Crippen LogP contribution in [-0.2, 0) is 14.9 Å². The van der Waals surface area contributed by atoms with E-state index in [1.165, 1.54) is 50.6 Å². The van der Waals surface area contributed by atoms with Gasteiger partial charge in [-0.1, -0.05) is 22.7 Å². The van der Waals surface area contributed by atoms with Gasteiger partial charge in [0, 0.05) is 12.6 Å². The van der Waals surface area contributed by atoms with Crippen LogP contribution < -0.4 is 10.9 Å². The lowest BCUT2D eigenvalue weighted by atomic mass is 10.2. The highest BCUT2D eigenvalue weighted by Crippen LogP contribution is 2.16. The summed E-state index contributed by atoms with van der Waals surface area (Å²) in [5.74, 6) is -2.36. The van der Waals surface area contributed by atoms with Crippen LogP contribution in [0.3, 0.4) is 0 Å². The third kappa shape index (κ3) is 4.23. The molecule has 0 heterocycles. The quantitative estimate of drug-likeness (QED) is 0.754. The Labute approximate surface area is 149 Å². The van der Waals surface area contributed by atoms with E-state index in [1.54, 1.807) is 0 Å². The van der Waals surface area contributed by atoms with E-state index in [1.807, 2.05) is 0 Å². The number of halogens is 1. The third-order valence-corrected chi connectivity index (χ3v) is 5.07. The van der Waals surface area contributed by atoms with Gasteiger partial charge >= 0.3 is 0 Å². The van der Waals surface area contributed by atoms with E-state index >= 15 is 0 Å². The first kappa shape index (κ1) is 19.5. The largest absolute Gasteiger partial charge is 0.288 e. The van der Waals surface area contributed by atoms with E-state index in [4.69, 9.17) is 0 Å². The van der Waals surface area contributed by atoms with E-state index in [-0.39, 0.29) is 16.0 Å². The van der Waals surface area contributed by atoms with Crippen molar-refractivity contribution in [3.8, 4) is 0 Å². The van der Waals surface area contributed by atoms with Gasteiger partial charge in [0.1, 0.15) is 5.82 Å². The highest BCUT2D eigenvalue weighted by molar-refractivity contribution is 7.89. The number of benzene rings is 2. The molecule has 138 valence electrons. The van der Waals surface area contributed by atoms with Gasteiger partial charge in [-0.15, -0.1) is 0 Å². The minimum atomic E-state index is -3.93. The number of nitrogens with one attached hydrogen (secondary N) is 2. The van der Waals surface area contributed by atoms with E-state index in [0.29, 0.717) is 4.47 Å². The summed E-state index contributed by atoms with van der Waals surface area (Å²) in [6, 6.07) is 10.4. The van der Waals surface area contributed by atoms with Crippen molar-refractivity contribution in [3.05, 3.63) is 65.5 Å². The number of hydrazine groups is 1. The van der Waals surface area contributed by atoms with Gasteiger partial charge in [-0.3, -0.25) is 25.3 Å². The van der Waals surface area contributed by atoms with Crippen molar-refractivity contribution in [3.63, 3.8) is 0 Å². The van der Waals surface area contributed by atoms with Crippen molar-refractivity contribution in [2.75, 3.05) is 14.2 Å². The van der Waals surface area contributed by atoms with Crippen molar-refractivity contribution in [2.45, 2.75) is 4.90 Å². The van der Waals surface area contributed by atoms with Crippen LogP contribution in [0.4, 0.5) is 4.39 Å². The van der Waals surface area contributed by atoms with Crippen LogP contribution in [0.1, 0.15) is 20.7 Å². The zero-order valence-corrected chi connectivity index (χ0v) is 14.7. The first-order valence-corrected chi connectivity index (χ1v) is 8.69. The van der Waals surface area contributed by atoms with Crippen LogP contribution in [0, 0.1) is 5.82 Å². The first-order valence-electron chi connectivity index (χ1n) is 7.25. The highest BCUT2D eigenvalue weighted by Gasteiger charge is 2.22. The summed E-state index contributed by atoms with van der Waals surface area (Å²) in [4.78, 5) is 28.5. The zero-order chi connectivity index (χ0) is 19.3. The van der Waals surface area contributed by atoms with Gasteiger partial charge in [0.05, 0.1) is 17.6 Å². The van der Waals surface area contributed by atoms with Gasteiger partial charge in [0.25, 0.3) is 21.8 Å². The molecule has 0 aliphatic heterocycles. The highest BCUT2D eigenvalue weighted by atomic mass is 32.2. The number of hydrogen-bond donors (Lipinski definition) is 2. The monoisotopic (exact) mass is 381 g/mol. The van der Waals surface area contributed by atoms with Crippen molar-refractivity contribution >= 4 is 21.8 Å². The summed E-state index contributed by atoms with van der Waals surface area (Å²) in [6.07, 6.45) is 0. The van der Waals surface area contributed by atoms with Gasteiger partial charge in [-0.25, -0.2) is 12.8 Å². The molecule has 0 bridgehead atoms. The van der Waals surface area contributed by atoms with E-state index in [0.717, 1.165) is 12.1 Å². The summed E-state index contributed by atoms with van der Waals surface area (Å²) in [6.45, 7) is 0. The Morgan fingerprint density at radius 3 is 2.35 bits per heavy atom. The normalized spacial score (nSPS) is 11.2. The van der Waals surface area contributed by atoms with Crippen LogP contribution in [0.25, 0.3) is 0 Å². The fraction of sp³-hybridized carbons (Fsp3) is 0.125. The van der Waals surface area contributed by atoms with Crippen LogP contribution in [0.15, 0.2) is 53.4 Å². The van der Waals surface area contributed by atoms with Gasteiger partial charge in [0.2, 0.25) is 0 Å². The molecule has 0 aliphatic rings. The molecule has 2 rings (SSSR count). The molecule has 10 heteroatoms. The molecule has 2 amide bonds. The standard InChI is InChI=1S/C16H16FN3O5S/c1-20(25-2)26(23,24)12-7-5-6-11(10-12)15(21)18-19-16(22)13-8-3-4-9-14(13)17/h3-10H,1-2H3,(H,18,21)(H,19,22). The number of carbonyl (C=O) groups is 2. The Morgan fingerprint density at radius 1 is 1.04 bits per heavy atom. The number of sulfonamides is 1. The Balaban J connectivity index is 2.12. The fourth-order valence-corrected chi connectivity index (χ4v) is 2.96. The predicted molar refractivity (Wildman–Crippen MR) is 89.7 cm³/mol. The SMILES string of the molecule is CON(C)S(=O)(=O)c1cccc(C(=O)NNC(=O)c2ccccc2F)c1. The lowest BCUT2D eigenvalue weighted by Gasteiger charge is -2.14. The number of nitrogens with zero attached hydrogens (tertiary/aromatic N) is 1. The van der Waals surface area contributed by atoms with Crippen molar-refractivity contribution in [1.82, 2.24) is 15.3 Å². The lowest BCUT2D eigenvalue weighted by molar-refractivity contribution is -0.0258. The summed E-state index contributed by atoms with van der Waals surface area (Å²) in [5.41, 5.74) is 3.90. The Hall–Kier alpha value is -2.82. The lowest BCUT2D eigenvalue weighted by Crippen LogP contribution is -2.42. The molecule has 8 nitrogen and oxygen atoms in total. The molecule has 0 spiro atoms. The molecule has 2 aromatic carbocycles. The fourth-order valence-electron chi connectivity index (χ4n) is 1.94. The molecule has 26 heavy (non-hydrogen) atoms. The number of carbonyl (C=O) groups excluding carboxylic acids is 2. The minimum absolute atomic E-state index is 0.0237. The molecule has 2 N–H and O–H groups in total. The summed E-state index contributed by atoms with van der Waals surface area (Å²) >= 11 is 0. The number of hydrogen-bond acceptors (Lipinski definition) is 5. The molecular formula is C16H16FN3O5S. The van der Waals surface area contributed by atoms with Crippen molar-refractivity contribution in [1.29, 1.82) is 0 Å². The molecule has 0 saturated heterocycles. The molecule has 0 aromatic heterocycles. The Kier molecular flexibility index (Phi) is 6.03. The van der Waals surface area contributed by atoms with Crippen LogP contribution in [0.5, 0.6) is 0 Å². The molecule has 0 fully saturated rings. The van der Waals surface area contributed by atoms with Crippen LogP contribution in [0.2, 0.25) is 0 Å². The van der Waals surface area contributed by atoms with E-state index < -0.39 is 27.7 Å². The number of hydroxylamine groups is 1. The van der Waals surface area contributed by atoms with Gasteiger partial charge in [-0.05, 0) is 30.3 Å². The van der Waals surface area contributed by atoms with E-state index in [2.05, 4.69) is 15.7 Å². The van der Waals surface area contributed by atoms with Gasteiger partial charge in [0.15, 0.2) is 0 Å². The number of rotatable bonds is 5. The Bertz CT molecular complexity index is 933. The predicted octanol–water partition coefficient (Wildman–Crippen LogP) is 1.08. The average Bonchev–Trinajstić information content (AvgIpc) is 2.65. The molecule has 0 unspecified atom stereocenters. The maximum absolute atomic E-state index is 13.5. The number of amides is 2. The topological polar surface area (TPSA) is 105 Å². The van der Waals surface area contributed by atoms with Crippen LogP contribution >= 0.6 is 0 Å². The summed E-state index contributed by atoms with van der Waals surface area (Å²) < 4.78 is 38.5. The Morgan fingerprint density at radius 2 is 1.69 bits per heavy atom. The second-order valence-corrected chi connectivity index (χ2v) is 6.95. The smallest absolute Gasteiger partial charge is 0.272 e. The van der Waals surface area contributed by atoms with E-state index in [9.17, 15) is 22.4 Å². The molecule has 2 aromatic rings. The average molecular weight is 381 g/mol. The zero-order valence-electron chi connectivity index (χ0n) is 13.9. The maximum atomic E-state index is 13.5. The summed E-state index contributed by atoms with van der Waals surface area (Å²) in [7, 11) is -1.54. The van der Waals surface area contributed by atoms with Crippen molar-refractivity contribution < 1.29 is 27.2 Å². The maximum Gasteiger partial charge on any atom is 0.272 e. The first-order chi connectivity index (χ1) is 12.3. The van der Waals surface area contributed by atoms with Gasteiger partial charge < -0.3 is 0 Å².